The Morgan fingerprint density at radius 2 is 1.74 bits per heavy atom. The summed E-state index contributed by atoms with van der Waals surface area (Å²) < 4.78 is 29.4. The second kappa shape index (κ2) is 13.3. The summed E-state index contributed by atoms with van der Waals surface area (Å²) in [4.78, 5) is 0. The smallest absolute Gasteiger partial charge is 0.213 e. The summed E-state index contributed by atoms with van der Waals surface area (Å²) in [7, 11) is 3.53. The van der Waals surface area contributed by atoms with Crippen molar-refractivity contribution in [3.63, 3.8) is 0 Å². The molecule has 3 radical (unpaired) electrons. The molecule has 0 spiro atoms. The first kappa shape index (κ1) is 28.0. The number of aliphatic hydroxyl groups excluding tert-OH is 1. The molecule has 153 valence electrons. The third-order valence-corrected chi connectivity index (χ3v) is 5.96. The van der Waals surface area contributed by atoms with E-state index in [1.165, 1.54) is 12.2 Å². The summed E-state index contributed by atoms with van der Waals surface area (Å²) in [6, 6.07) is -0.395. The summed E-state index contributed by atoms with van der Waals surface area (Å²) in [6.45, 7) is 14.1. The van der Waals surface area contributed by atoms with Crippen LogP contribution in [0.1, 0.15) is 54.9 Å². The summed E-state index contributed by atoms with van der Waals surface area (Å²) in [6.07, 6.45) is 1.43. The Kier molecular flexibility index (Phi) is 13.8. The summed E-state index contributed by atoms with van der Waals surface area (Å²) in [5.74, 6) is 1.78. The number of rotatable bonds is 5. The first-order chi connectivity index (χ1) is 12.1. The van der Waals surface area contributed by atoms with Crippen LogP contribution in [-0.2, 0) is 51.3 Å². The Hall–Kier alpha value is 0.979. The summed E-state index contributed by atoms with van der Waals surface area (Å²) >= 11 is 0. The van der Waals surface area contributed by atoms with E-state index in [4.69, 9.17) is 21.8 Å². The fourth-order valence-electron chi connectivity index (χ4n) is 3.11. The van der Waals surface area contributed by atoms with Crippen molar-refractivity contribution >= 4 is 15.9 Å². The third-order valence-electron chi connectivity index (χ3n) is 4.99. The molecule has 8 heteroatoms. The molecular formula is C19H36BO5PY. The van der Waals surface area contributed by atoms with Crippen LogP contribution in [0.25, 0.3) is 0 Å². The molecule has 0 aromatic carbocycles. The third kappa shape index (κ3) is 7.96. The van der Waals surface area contributed by atoms with Gasteiger partial charge in [-0.05, 0) is 24.7 Å². The molecule has 5 nitrogen and oxygen atoms in total. The normalized spacial score (nSPS) is 39.9. The minimum absolute atomic E-state index is 0. The molecule has 0 bridgehead atoms. The van der Waals surface area contributed by atoms with Crippen LogP contribution in [0.2, 0.25) is 0 Å². The fraction of sp³-hybridized carbons (Fsp3) is 0.895. The van der Waals surface area contributed by atoms with Crippen molar-refractivity contribution in [3.8, 4) is 0 Å². The molecule has 3 unspecified atom stereocenters. The zero-order valence-electron chi connectivity index (χ0n) is 17.8. The van der Waals surface area contributed by atoms with Gasteiger partial charge in [0.25, 0.3) is 0 Å². The van der Waals surface area contributed by atoms with Crippen LogP contribution in [0, 0.1) is 17.8 Å². The minimum atomic E-state index is -2.40. The van der Waals surface area contributed by atoms with E-state index < -0.39 is 26.2 Å². The van der Waals surface area contributed by atoms with Gasteiger partial charge >= 0.3 is 0 Å². The molecule has 0 aromatic heterocycles. The molecule has 0 aliphatic carbocycles. The average Bonchev–Trinajstić information content (AvgIpc) is 2.99. The quantitative estimate of drug-likeness (QED) is 0.485. The summed E-state index contributed by atoms with van der Waals surface area (Å²) in [5, 5.41) is 10.1. The van der Waals surface area contributed by atoms with Gasteiger partial charge in [0.2, 0.25) is 8.03 Å². The molecular weight excluding hydrogens is 439 g/mol. The molecule has 9 atom stereocenters. The molecule has 1 N–H and O–H groups in total. The molecule has 0 saturated carbocycles. The van der Waals surface area contributed by atoms with Gasteiger partial charge in [0.1, 0.15) is 14.0 Å². The molecule has 2 fully saturated rings. The predicted molar refractivity (Wildman–Crippen MR) is 107 cm³/mol. The van der Waals surface area contributed by atoms with Crippen molar-refractivity contribution in [1.29, 1.82) is 0 Å². The van der Waals surface area contributed by atoms with E-state index in [0.29, 0.717) is 0 Å². The summed E-state index contributed by atoms with van der Waals surface area (Å²) in [5.41, 5.74) is 0. The van der Waals surface area contributed by atoms with Crippen LogP contribution in [0.15, 0.2) is 11.9 Å². The molecule has 0 aromatic rings. The van der Waals surface area contributed by atoms with E-state index in [1.807, 2.05) is 34.6 Å². The van der Waals surface area contributed by atoms with Gasteiger partial charge in [-0.15, -0.1) is 0 Å². The van der Waals surface area contributed by atoms with Gasteiger partial charge in [-0.25, -0.2) is 0 Å². The van der Waals surface area contributed by atoms with Crippen LogP contribution >= 0.6 is 8.03 Å². The standard InChI is InChI=1S/C16H28BO5P.C3H8.Y/c1-8(2)14-15(10(4)16(17)21-14)22-23(19)7-6-12-13(18)9(3)11(5)20-12;1-3-2;/h6-16,18,23H,1-5H3;3H2,1-2H3;/b7-6+;;/t9?,10?,11-,12+,13+,14+,15+,16+;;/m0../s1. The monoisotopic (exact) mass is 475 g/mol. The Morgan fingerprint density at radius 3 is 2.19 bits per heavy atom. The second-order valence-electron chi connectivity index (χ2n) is 7.79. The molecule has 2 aliphatic rings. The Morgan fingerprint density at radius 1 is 1.19 bits per heavy atom. The zero-order valence-corrected chi connectivity index (χ0v) is 21.6. The second-order valence-corrected chi connectivity index (χ2v) is 9.00. The van der Waals surface area contributed by atoms with Gasteiger partial charge < -0.3 is 19.1 Å². The maximum atomic E-state index is 12.3. The van der Waals surface area contributed by atoms with E-state index in [-0.39, 0.29) is 68.8 Å². The van der Waals surface area contributed by atoms with E-state index in [0.717, 1.165) is 0 Å². The van der Waals surface area contributed by atoms with Gasteiger partial charge in [0, 0.05) is 50.5 Å². The largest absolute Gasteiger partial charge is 0.390 e. The van der Waals surface area contributed by atoms with Gasteiger partial charge in [-0.3, -0.25) is 4.57 Å². The van der Waals surface area contributed by atoms with Crippen molar-refractivity contribution in [2.45, 2.75) is 91.4 Å². The van der Waals surface area contributed by atoms with Gasteiger partial charge in [-0.2, -0.15) is 0 Å². The SMILES string of the molecule is CCC.[B][C@@H]1O[C@H](C(C)C)[C@H](O[PH](=O)/C=C/[C@H]2O[C@@H](C)C(C)[C@H]2O)C1C.[Y]. The maximum absolute atomic E-state index is 12.3. The number of aliphatic hydroxyl groups is 1. The van der Waals surface area contributed by atoms with Crippen LogP contribution < -0.4 is 0 Å². The van der Waals surface area contributed by atoms with Crippen molar-refractivity contribution in [3.05, 3.63) is 11.9 Å². The molecule has 2 rings (SSSR count). The van der Waals surface area contributed by atoms with E-state index in [9.17, 15) is 9.67 Å². The average molecular weight is 475 g/mol. The van der Waals surface area contributed by atoms with Crippen molar-refractivity contribution in [1.82, 2.24) is 0 Å². The van der Waals surface area contributed by atoms with Crippen LogP contribution in [0.3, 0.4) is 0 Å². The number of ether oxygens (including phenoxy) is 2. The van der Waals surface area contributed by atoms with Gasteiger partial charge in [0.05, 0.1) is 24.4 Å². The molecule has 2 heterocycles. The number of hydrogen-bond acceptors (Lipinski definition) is 5. The van der Waals surface area contributed by atoms with E-state index >= 15 is 0 Å². The minimum Gasteiger partial charge on any atom is -0.390 e. The van der Waals surface area contributed by atoms with Crippen LogP contribution in [0.5, 0.6) is 0 Å². The Bertz CT molecular complexity index is 479. The molecule has 27 heavy (non-hydrogen) atoms. The first-order valence-electron chi connectivity index (χ1n) is 9.77. The maximum Gasteiger partial charge on any atom is 0.213 e. The Balaban J connectivity index is 0.00000158. The van der Waals surface area contributed by atoms with Gasteiger partial charge in [-0.1, -0.05) is 48.0 Å². The van der Waals surface area contributed by atoms with E-state index in [1.54, 1.807) is 6.08 Å². The molecule has 2 aliphatic heterocycles. The topological polar surface area (TPSA) is 65.0 Å². The first-order valence-corrected chi connectivity index (χ1v) is 11.2. The van der Waals surface area contributed by atoms with Crippen LogP contribution in [0.4, 0.5) is 0 Å². The van der Waals surface area contributed by atoms with Crippen LogP contribution in [-0.4, -0.2) is 49.5 Å². The zero-order chi connectivity index (χ0) is 20.0. The van der Waals surface area contributed by atoms with Crippen molar-refractivity contribution < 1.29 is 56.4 Å². The fourth-order valence-corrected chi connectivity index (χ4v) is 4.16. The van der Waals surface area contributed by atoms with Gasteiger partial charge in [0.15, 0.2) is 0 Å². The van der Waals surface area contributed by atoms with E-state index in [2.05, 4.69) is 13.8 Å². The molecule has 2 saturated heterocycles. The molecule has 0 amide bonds. The van der Waals surface area contributed by atoms with Crippen molar-refractivity contribution in [2.24, 2.45) is 17.8 Å². The number of hydrogen-bond donors (Lipinski definition) is 1. The van der Waals surface area contributed by atoms with Crippen molar-refractivity contribution in [2.75, 3.05) is 0 Å². The Labute approximate surface area is 192 Å². The predicted octanol–water partition coefficient (Wildman–Crippen LogP) is 3.74.